The van der Waals surface area contributed by atoms with E-state index in [1.54, 1.807) is 12.4 Å². The molecule has 0 radical (unpaired) electrons. The van der Waals surface area contributed by atoms with Gasteiger partial charge in [-0.1, -0.05) is 24.3 Å². The highest BCUT2D eigenvalue weighted by molar-refractivity contribution is 5.99. The van der Waals surface area contributed by atoms with Gasteiger partial charge in [0.05, 0.1) is 11.4 Å². The van der Waals surface area contributed by atoms with Gasteiger partial charge in [0.15, 0.2) is 0 Å². The monoisotopic (exact) mass is 248 g/mol. The smallest absolute Gasteiger partial charge is 0.0936 e. The summed E-state index contributed by atoms with van der Waals surface area (Å²) >= 11 is 0. The maximum Gasteiger partial charge on any atom is 0.0936 e. The van der Waals surface area contributed by atoms with E-state index in [0.29, 0.717) is 0 Å². The Morgan fingerprint density at radius 2 is 1.53 bits per heavy atom. The first-order valence-electron chi connectivity index (χ1n) is 5.93. The quantitative estimate of drug-likeness (QED) is 0.544. The first-order chi connectivity index (χ1) is 9.34. The third-order valence-corrected chi connectivity index (χ3v) is 2.87. The van der Waals surface area contributed by atoms with Crippen molar-refractivity contribution in [3.8, 4) is 0 Å². The Morgan fingerprint density at radius 3 is 2.32 bits per heavy atom. The largest absolute Gasteiger partial charge is 0.398 e. The van der Waals surface area contributed by atoms with Crippen LogP contribution in [0.15, 0.2) is 71.2 Å². The summed E-state index contributed by atoms with van der Waals surface area (Å²) in [6, 6.07) is 15.2. The minimum absolute atomic E-state index is 0.749. The number of hydrogen-bond acceptors (Lipinski definition) is 4. The lowest BCUT2D eigenvalue weighted by Gasteiger charge is -2.03. The molecule has 19 heavy (non-hydrogen) atoms. The lowest BCUT2D eigenvalue weighted by Crippen LogP contribution is -1.86. The lowest BCUT2D eigenvalue weighted by atomic mass is 10.1. The molecule has 0 atom stereocenters. The van der Waals surface area contributed by atoms with Gasteiger partial charge < -0.3 is 5.73 Å². The molecule has 0 saturated carbocycles. The van der Waals surface area contributed by atoms with Gasteiger partial charge in [-0.25, -0.2) is 0 Å². The molecule has 2 N–H and O–H groups in total. The van der Waals surface area contributed by atoms with Crippen molar-refractivity contribution in [1.82, 2.24) is 4.98 Å². The molecular formula is C15H12N4. The van der Waals surface area contributed by atoms with Gasteiger partial charge in [-0.2, -0.15) is 5.11 Å². The third kappa shape index (κ3) is 2.28. The second kappa shape index (κ2) is 4.86. The fourth-order valence-electron chi connectivity index (χ4n) is 1.92. The number of nitrogen functional groups attached to an aromatic ring is 1. The summed E-state index contributed by atoms with van der Waals surface area (Å²) in [5, 5.41) is 10.5. The summed E-state index contributed by atoms with van der Waals surface area (Å²) in [6.07, 6.45) is 3.38. The summed E-state index contributed by atoms with van der Waals surface area (Å²) in [6.45, 7) is 0. The number of nitrogens with zero attached hydrogens (tertiary/aromatic N) is 3. The molecule has 0 aliphatic heterocycles. The predicted molar refractivity (Wildman–Crippen MR) is 76.8 cm³/mol. The second-order valence-electron chi connectivity index (χ2n) is 4.12. The molecule has 0 aliphatic carbocycles. The van der Waals surface area contributed by atoms with E-state index in [9.17, 15) is 0 Å². The SMILES string of the molecule is Nc1ccc(N=Nc2ccncc2)c2ccccc12. The van der Waals surface area contributed by atoms with E-state index in [1.165, 1.54) is 0 Å². The molecule has 0 unspecified atom stereocenters. The number of azo groups is 1. The van der Waals surface area contributed by atoms with Crippen molar-refractivity contribution in [3.05, 3.63) is 60.9 Å². The van der Waals surface area contributed by atoms with Crippen LogP contribution in [0.5, 0.6) is 0 Å². The van der Waals surface area contributed by atoms with Crippen LogP contribution in [-0.4, -0.2) is 4.98 Å². The van der Waals surface area contributed by atoms with Gasteiger partial charge in [0.2, 0.25) is 0 Å². The Kier molecular flexibility index (Phi) is 2.90. The van der Waals surface area contributed by atoms with Gasteiger partial charge in [-0.3, -0.25) is 4.98 Å². The molecule has 0 spiro atoms. The standard InChI is InChI=1S/C15H12N4/c16-14-5-6-15(13-4-2-1-3-12(13)14)19-18-11-7-9-17-10-8-11/h1-10H,16H2. The van der Waals surface area contributed by atoms with Gasteiger partial charge >= 0.3 is 0 Å². The fourth-order valence-corrected chi connectivity index (χ4v) is 1.92. The molecule has 0 bridgehead atoms. The second-order valence-corrected chi connectivity index (χ2v) is 4.12. The highest BCUT2D eigenvalue weighted by Crippen LogP contribution is 2.31. The summed E-state index contributed by atoms with van der Waals surface area (Å²) < 4.78 is 0. The zero-order chi connectivity index (χ0) is 13.1. The Bertz CT molecular complexity index is 735. The number of fused-ring (bicyclic) bond motifs is 1. The van der Waals surface area contributed by atoms with Crippen LogP contribution < -0.4 is 5.73 Å². The number of benzene rings is 2. The number of aromatic nitrogens is 1. The highest BCUT2D eigenvalue weighted by Gasteiger charge is 2.02. The van der Waals surface area contributed by atoms with Gasteiger partial charge in [0.25, 0.3) is 0 Å². The molecule has 2 aromatic carbocycles. The zero-order valence-corrected chi connectivity index (χ0v) is 10.2. The Morgan fingerprint density at radius 1 is 0.789 bits per heavy atom. The molecule has 0 fully saturated rings. The predicted octanol–water partition coefficient (Wildman–Crippen LogP) is 4.23. The zero-order valence-electron chi connectivity index (χ0n) is 10.2. The van der Waals surface area contributed by atoms with E-state index in [0.717, 1.165) is 27.8 Å². The van der Waals surface area contributed by atoms with Crippen molar-refractivity contribution >= 4 is 27.8 Å². The normalized spacial score (nSPS) is 11.2. The molecule has 4 heteroatoms. The topological polar surface area (TPSA) is 63.6 Å². The molecule has 92 valence electrons. The van der Waals surface area contributed by atoms with Crippen molar-refractivity contribution < 1.29 is 0 Å². The number of pyridine rings is 1. The van der Waals surface area contributed by atoms with Gasteiger partial charge in [0, 0.05) is 28.9 Å². The average Bonchev–Trinajstić information content (AvgIpc) is 2.48. The van der Waals surface area contributed by atoms with Crippen LogP contribution in [0, 0.1) is 0 Å². The third-order valence-electron chi connectivity index (χ3n) is 2.87. The van der Waals surface area contributed by atoms with Crippen molar-refractivity contribution in [2.45, 2.75) is 0 Å². The van der Waals surface area contributed by atoms with Crippen molar-refractivity contribution in [2.75, 3.05) is 5.73 Å². The Labute approximate surface area is 110 Å². The van der Waals surface area contributed by atoms with Crippen LogP contribution >= 0.6 is 0 Å². The summed E-state index contributed by atoms with van der Waals surface area (Å²) in [5.41, 5.74) is 8.28. The summed E-state index contributed by atoms with van der Waals surface area (Å²) in [4.78, 5) is 3.94. The van der Waals surface area contributed by atoms with Crippen molar-refractivity contribution in [2.24, 2.45) is 10.2 Å². The van der Waals surface area contributed by atoms with E-state index in [1.807, 2.05) is 48.5 Å². The molecule has 1 heterocycles. The van der Waals surface area contributed by atoms with Gasteiger partial charge in [0.1, 0.15) is 0 Å². The van der Waals surface area contributed by atoms with Crippen molar-refractivity contribution in [3.63, 3.8) is 0 Å². The van der Waals surface area contributed by atoms with Gasteiger partial charge in [-0.15, -0.1) is 5.11 Å². The molecule has 0 amide bonds. The van der Waals surface area contributed by atoms with Crippen molar-refractivity contribution in [1.29, 1.82) is 0 Å². The Balaban J connectivity index is 2.07. The number of nitrogens with two attached hydrogens (primary N) is 1. The first kappa shape index (κ1) is 11.3. The maximum absolute atomic E-state index is 5.95. The molecule has 1 aromatic heterocycles. The van der Waals surface area contributed by atoms with Crippen LogP contribution in [0.25, 0.3) is 10.8 Å². The van der Waals surface area contributed by atoms with Crippen LogP contribution in [0.1, 0.15) is 0 Å². The van der Waals surface area contributed by atoms with Crippen LogP contribution in [0.2, 0.25) is 0 Å². The Hall–Kier alpha value is -2.75. The minimum Gasteiger partial charge on any atom is -0.398 e. The molecule has 3 rings (SSSR count). The molecule has 3 aromatic rings. The van der Waals surface area contributed by atoms with E-state index in [4.69, 9.17) is 5.73 Å². The van der Waals surface area contributed by atoms with E-state index in [2.05, 4.69) is 15.2 Å². The molecule has 0 saturated heterocycles. The number of rotatable bonds is 2. The van der Waals surface area contributed by atoms with Crippen LogP contribution in [0.4, 0.5) is 17.1 Å². The fraction of sp³-hybridized carbons (Fsp3) is 0. The molecule has 0 aliphatic rings. The van der Waals surface area contributed by atoms with E-state index in [-0.39, 0.29) is 0 Å². The first-order valence-corrected chi connectivity index (χ1v) is 5.93. The van der Waals surface area contributed by atoms with E-state index >= 15 is 0 Å². The lowest BCUT2D eigenvalue weighted by molar-refractivity contribution is 1.22. The number of anilines is 1. The summed E-state index contributed by atoms with van der Waals surface area (Å²) in [5.74, 6) is 0. The average molecular weight is 248 g/mol. The summed E-state index contributed by atoms with van der Waals surface area (Å²) in [7, 11) is 0. The van der Waals surface area contributed by atoms with Crippen LogP contribution in [0.3, 0.4) is 0 Å². The minimum atomic E-state index is 0.749. The van der Waals surface area contributed by atoms with Crippen LogP contribution in [-0.2, 0) is 0 Å². The molecule has 4 nitrogen and oxygen atoms in total. The number of hydrogen-bond donors (Lipinski definition) is 1. The maximum atomic E-state index is 5.95. The molecular weight excluding hydrogens is 236 g/mol. The van der Waals surface area contributed by atoms with Gasteiger partial charge in [-0.05, 0) is 24.3 Å². The van der Waals surface area contributed by atoms with E-state index < -0.39 is 0 Å². The highest BCUT2D eigenvalue weighted by atomic mass is 15.1.